The monoisotopic (exact) mass is 271 g/mol. The molecule has 0 heterocycles. The third-order valence-corrected chi connectivity index (χ3v) is 3.07. The number of rotatable bonds is 7. The van der Waals surface area contributed by atoms with Gasteiger partial charge in [-0.25, -0.2) is 0 Å². The molecule has 0 unspecified atom stereocenters. The Hall–Kier alpha value is -2.00. The van der Waals surface area contributed by atoms with Crippen LogP contribution in [0.1, 0.15) is 5.56 Å². The molecule has 0 saturated heterocycles. The van der Waals surface area contributed by atoms with E-state index in [-0.39, 0.29) is 0 Å². The molecule has 3 heteroatoms. The summed E-state index contributed by atoms with van der Waals surface area (Å²) < 4.78 is 10.9. The number of hydrogen-bond acceptors (Lipinski definition) is 3. The normalized spacial score (nSPS) is 10.6. The molecule has 106 valence electrons. The van der Waals surface area contributed by atoms with Crippen LogP contribution in [0.5, 0.6) is 11.5 Å². The smallest absolute Gasteiger partial charge is 0.119 e. The van der Waals surface area contributed by atoms with E-state index < -0.39 is 0 Å². The minimum Gasteiger partial charge on any atom is -0.497 e. The minimum atomic E-state index is 0.685. The zero-order valence-electron chi connectivity index (χ0n) is 12.1. The van der Waals surface area contributed by atoms with Gasteiger partial charge < -0.3 is 9.47 Å². The van der Waals surface area contributed by atoms with Crippen LogP contribution in [0, 0.1) is 0 Å². The summed E-state index contributed by atoms with van der Waals surface area (Å²) in [6.45, 7) is 2.45. The fourth-order valence-corrected chi connectivity index (χ4v) is 2.00. The second kappa shape index (κ2) is 7.56. The average Bonchev–Trinajstić information content (AvgIpc) is 2.48. The molecule has 2 rings (SSSR count). The molecule has 0 aromatic heterocycles. The van der Waals surface area contributed by atoms with E-state index in [2.05, 4.69) is 24.1 Å². The Balaban J connectivity index is 1.76. The van der Waals surface area contributed by atoms with Gasteiger partial charge in [-0.3, -0.25) is 4.90 Å². The van der Waals surface area contributed by atoms with Gasteiger partial charge in [-0.1, -0.05) is 30.3 Å². The maximum absolute atomic E-state index is 5.69. The highest BCUT2D eigenvalue weighted by Crippen LogP contribution is 2.14. The van der Waals surface area contributed by atoms with Gasteiger partial charge in [-0.15, -0.1) is 0 Å². The maximum atomic E-state index is 5.69. The van der Waals surface area contributed by atoms with Crippen LogP contribution in [0.3, 0.4) is 0 Å². The van der Waals surface area contributed by atoms with E-state index >= 15 is 0 Å². The largest absolute Gasteiger partial charge is 0.497 e. The molecular formula is C17H21NO2. The van der Waals surface area contributed by atoms with Crippen molar-refractivity contribution in [3.8, 4) is 11.5 Å². The lowest BCUT2D eigenvalue weighted by Gasteiger charge is -2.17. The minimum absolute atomic E-state index is 0.685. The predicted molar refractivity (Wildman–Crippen MR) is 81.3 cm³/mol. The van der Waals surface area contributed by atoms with Crippen LogP contribution in [0.2, 0.25) is 0 Å². The van der Waals surface area contributed by atoms with Gasteiger partial charge in [-0.2, -0.15) is 0 Å². The first-order valence-electron chi connectivity index (χ1n) is 6.77. The van der Waals surface area contributed by atoms with E-state index in [1.165, 1.54) is 5.56 Å². The van der Waals surface area contributed by atoms with Crippen molar-refractivity contribution in [3.05, 3.63) is 60.2 Å². The molecule has 20 heavy (non-hydrogen) atoms. The second-order valence-corrected chi connectivity index (χ2v) is 4.75. The molecule has 0 saturated carbocycles. The van der Waals surface area contributed by atoms with E-state index in [9.17, 15) is 0 Å². The number of nitrogens with zero attached hydrogens (tertiary/aromatic N) is 1. The van der Waals surface area contributed by atoms with Crippen molar-refractivity contribution in [2.24, 2.45) is 0 Å². The Morgan fingerprint density at radius 3 is 2.45 bits per heavy atom. The number of para-hydroxylation sites is 1. The Kier molecular flexibility index (Phi) is 5.44. The topological polar surface area (TPSA) is 21.7 Å². The Bertz CT molecular complexity index is 513. The summed E-state index contributed by atoms with van der Waals surface area (Å²) in [5.41, 5.74) is 1.24. The maximum Gasteiger partial charge on any atom is 0.119 e. The molecule has 0 radical (unpaired) electrons. The number of hydrogen-bond donors (Lipinski definition) is 0. The molecule has 2 aromatic rings. The quantitative estimate of drug-likeness (QED) is 0.772. The molecule has 2 aromatic carbocycles. The fourth-order valence-electron chi connectivity index (χ4n) is 2.00. The van der Waals surface area contributed by atoms with E-state index in [1.807, 2.05) is 42.5 Å². The van der Waals surface area contributed by atoms with Crippen LogP contribution in [-0.4, -0.2) is 32.2 Å². The van der Waals surface area contributed by atoms with Crippen molar-refractivity contribution in [3.63, 3.8) is 0 Å². The first-order valence-corrected chi connectivity index (χ1v) is 6.77. The molecule has 0 amide bonds. The van der Waals surface area contributed by atoms with Crippen LogP contribution in [-0.2, 0) is 6.54 Å². The molecule has 0 aliphatic rings. The van der Waals surface area contributed by atoms with E-state index in [0.29, 0.717) is 6.61 Å². The van der Waals surface area contributed by atoms with Gasteiger partial charge in [0.25, 0.3) is 0 Å². The Morgan fingerprint density at radius 2 is 1.70 bits per heavy atom. The van der Waals surface area contributed by atoms with Crippen molar-refractivity contribution in [2.45, 2.75) is 6.54 Å². The highest BCUT2D eigenvalue weighted by molar-refractivity contribution is 5.28. The zero-order valence-corrected chi connectivity index (χ0v) is 12.1. The third kappa shape index (κ3) is 4.59. The van der Waals surface area contributed by atoms with Gasteiger partial charge in [0.2, 0.25) is 0 Å². The van der Waals surface area contributed by atoms with Crippen LogP contribution < -0.4 is 9.47 Å². The van der Waals surface area contributed by atoms with Crippen LogP contribution >= 0.6 is 0 Å². The van der Waals surface area contributed by atoms with Crippen LogP contribution in [0.15, 0.2) is 54.6 Å². The number of benzene rings is 2. The zero-order chi connectivity index (χ0) is 14.2. The van der Waals surface area contributed by atoms with Gasteiger partial charge in [0, 0.05) is 13.1 Å². The lowest BCUT2D eigenvalue weighted by Crippen LogP contribution is -2.23. The molecule has 0 N–H and O–H groups in total. The average molecular weight is 271 g/mol. The van der Waals surface area contributed by atoms with Crippen molar-refractivity contribution in [1.82, 2.24) is 4.90 Å². The highest BCUT2D eigenvalue weighted by atomic mass is 16.5. The van der Waals surface area contributed by atoms with Crippen molar-refractivity contribution >= 4 is 0 Å². The summed E-state index contributed by atoms with van der Waals surface area (Å²) in [4.78, 5) is 2.23. The van der Waals surface area contributed by atoms with Crippen LogP contribution in [0.4, 0.5) is 0 Å². The third-order valence-electron chi connectivity index (χ3n) is 3.07. The van der Waals surface area contributed by atoms with E-state index in [0.717, 1.165) is 24.6 Å². The number of ether oxygens (including phenoxy) is 2. The summed E-state index contributed by atoms with van der Waals surface area (Å²) in [7, 11) is 3.78. The van der Waals surface area contributed by atoms with Crippen LogP contribution in [0.25, 0.3) is 0 Å². The Labute approximate surface area is 120 Å². The fraction of sp³-hybridized carbons (Fsp3) is 0.294. The van der Waals surface area contributed by atoms with Gasteiger partial charge in [0.15, 0.2) is 0 Å². The number of likely N-dealkylation sites (N-methyl/N-ethyl adjacent to an activating group) is 1. The van der Waals surface area contributed by atoms with Crippen molar-refractivity contribution in [1.29, 1.82) is 0 Å². The molecule has 3 nitrogen and oxygen atoms in total. The molecule has 0 spiro atoms. The second-order valence-electron chi connectivity index (χ2n) is 4.75. The lowest BCUT2D eigenvalue weighted by atomic mass is 10.2. The van der Waals surface area contributed by atoms with E-state index in [1.54, 1.807) is 7.11 Å². The molecule has 0 aliphatic carbocycles. The molecule has 0 bridgehead atoms. The SMILES string of the molecule is COc1cccc(CN(C)CCOc2ccccc2)c1. The molecule has 0 atom stereocenters. The van der Waals surface area contributed by atoms with Crippen molar-refractivity contribution < 1.29 is 9.47 Å². The molecule has 0 aliphatic heterocycles. The molecule has 0 fully saturated rings. The Morgan fingerprint density at radius 1 is 0.950 bits per heavy atom. The first-order chi connectivity index (χ1) is 9.78. The standard InChI is InChI=1S/C17H21NO2/c1-18(11-12-20-16-8-4-3-5-9-16)14-15-7-6-10-17(13-15)19-2/h3-10,13H,11-12,14H2,1-2H3. The predicted octanol–water partition coefficient (Wildman–Crippen LogP) is 3.21. The molecular weight excluding hydrogens is 250 g/mol. The van der Waals surface area contributed by atoms with Gasteiger partial charge in [-0.05, 0) is 36.9 Å². The van der Waals surface area contributed by atoms with Crippen molar-refractivity contribution in [2.75, 3.05) is 27.3 Å². The lowest BCUT2D eigenvalue weighted by molar-refractivity contribution is 0.232. The van der Waals surface area contributed by atoms with Gasteiger partial charge in [0.05, 0.1) is 7.11 Å². The highest BCUT2D eigenvalue weighted by Gasteiger charge is 2.02. The summed E-state index contributed by atoms with van der Waals surface area (Å²) >= 11 is 0. The summed E-state index contributed by atoms with van der Waals surface area (Å²) in [5.74, 6) is 1.82. The summed E-state index contributed by atoms with van der Waals surface area (Å²) in [6.07, 6.45) is 0. The summed E-state index contributed by atoms with van der Waals surface area (Å²) in [6, 6.07) is 18.0. The number of methoxy groups -OCH3 is 1. The first kappa shape index (κ1) is 14.4. The van der Waals surface area contributed by atoms with E-state index in [4.69, 9.17) is 9.47 Å². The summed E-state index contributed by atoms with van der Waals surface area (Å²) in [5, 5.41) is 0. The van der Waals surface area contributed by atoms with Gasteiger partial charge in [0.1, 0.15) is 18.1 Å². The van der Waals surface area contributed by atoms with Gasteiger partial charge >= 0.3 is 0 Å².